The van der Waals surface area contributed by atoms with Crippen molar-refractivity contribution < 1.29 is 0 Å². The van der Waals surface area contributed by atoms with E-state index in [1.165, 1.54) is 37.2 Å². The summed E-state index contributed by atoms with van der Waals surface area (Å²) in [4.78, 5) is 21.5. The van der Waals surface area contributed by atoms with Crippen LogP contribution in [0.5, 0.6) is 0 Å². The van der Waals surface area contributed by atoms with Crippen molar-refractivity contribution in [2.75, 3.05) is 18.0 Å². The van der Waals surface area contributed by atoms with Gasteiger partial charge in [-0.1, -0.05) is 0 Å². The van der Waals surface area contributed by atoms with Gasteiger partial charge in [0.25, 0.3) is 0 Å². The Kier molecular flexibility index (Phi) is 4.06. The molecule has 0 N–H and O–H groups in total. The molecule has 6 heteroatoms. The maximum Gasteiger partial charge on any atom is 0.160 e. The van der Waals surface area contributed by atoms with Crippen LogP contribution in [0.4, 0.5) is 5.82 Å². The van der Waals surface area contributed by atoms with E-state index < -0.39 is 0 Å². The lowest BCUT2D eigenvalue weighted by Crippen LogP contribution is -2.21. The molecule has 4 heterocycles. The van der Waals surface area contributed by atoms with Crippen LogP contribution in [0.3, 0.4) is 0 Å². The van der Waals surface area contributed by atoms with Crippen LogP contribution in [0.25, 0.3) is 5.65 Å². The van der Waals surface area contributed by atoms with Crippen molar-refractivity contribution in [3.05, 3.63) is 47.1 Å². The molecular formula is C21H26N6. The van der Waals surface area contributed by atoms with Crippen molar-refractivity contribution in [1.29, 1.82) is 0 Å². The van der Waals surface area contributed by atoms with Crippen molar-refractivity contribution in [3.8, 4) is 0 Å². The van der Waals surface area contributed by atoms with Crippen LogP contribution in [-0.2, 0) is 12.8 Å². The van der Waals surface area contributed by atoms with E-state index in [0.717, 1.165) is 54.5 Å². The van der Waals surface area contributed by atoms with Gasteiger partial charge < -0.3 is 4.90 Å². The van der Waals surface area contributed by atoms with E-state index in [9.17, 15) is 0 Å². The van der Waals surface area contributed by atoms with E-state index in [4.69, 9.17) is 4.98 Å². The zero-order chi connectivity index (χ0) is 18.4. The zero-order valence-electron chi connectivity index (χ0n) is 16.1. The highest BCUT2D eigenvalue weighted by molar-refractivity contribution is 5.60. The molecule has 0 spiro atoms. The average Bonchev–Trinajstić information content (AvgIpc) is 3.21. The highest BCUT2D eigenvalue weighted by atomic mass is 15.3. The minimum Gasteiger partial charge on any atom is -0.356 e. The summed E-state index contributed by atoms with van der Waals surface area (Å²) in [6.07, 6.45) is 10.7. The van der Waals surface area contributed by atoms with E-state index in [1.54, 1.807) is 0 Å². The molecule has 2 aliphatic rings. The molecule has 0 radical (unpaired) electrons. The quantitative estimate of drug-likeness (QED) is 0.696. The molecule has 27 heavy (non-hydrogen) atoms. The van der Waals surface area contributed by atoms with Crippen LogP contribution >= 0.6 is 0 Å². The predicted molar refractivity (Wildman–Crippen MR) is 105 cm³/mol. The maximum atomic E-state index is 5.08. The van der Waals surface area contributed by atoms with Gasteiger partial charge in [-0.25, -0.2) is 15.0 Å². The number of nitrogens with zero attached hydrogens (tertiary/aromatic N) is 6. The van der Waals surface area contributed by atoms with Crippen molar-refractivity contribution in [2.45, 2.75) is 58.3 Å². The first-order valence-electron chi connectivity index (χ1n) is 10.1. The Morgan fingerprint density at radius 3 is 2.44 bits per heavy atom. The largest absolute Gasteiger partial charge is 0.356 e. The lowest BCUT2D eigenvalue weighted by atomic mass is 10.2. The van der Waals surface area contributed by atoms with E-state index in [2.05, 4.69) is 30.4 Å². The molecule has 1 aliphatic heterocycles. The summed E-state index contributed by atoms with van der Waals surface area (Å²) in [5.74, 6) is 2.77. The zero-order valence-corrected chi connectivity index (χ0v) is 16.1. The Hall–Kier alpha value is -2.50. The Labute approximate surface area is 159 Å². The molecule has 0 aromatic carbocycles. The number of hydrogen-bond donors (Lipinski definition) is 0. The van der Waals surface area contributed by atoms with Crippen molar-refractivity contribution in [1.82, 2.24) is 24.3 Å². The molecule has 0 atom stereocenters. The number of rotatable bonds is 5. The van der Waals surface area contributed by atoms with Gasteiger partial charge in [0.15, 0.2) is 5.65 Å². The Bertz CT molecular complexity index is 961. The highest BCUT2D eigenvalue weighted by Gasteiger charge is 2.30. The number of fused-ring (bicyclic) bond motifs is 1. The summed E-state index contributed by atoms with van der Waals surface area (Å²) >= 11 is 0. The van der Waals surface area contributed by atoms with E-state index >= 15 is 0 Å². The van der Waals surface area contributed by atoms with Gasteiger partial charge in [-0.2, -0.15) is 0 Å². The maximum absolute atomic E-state index is 5.08. The summed E-state index contributed by atoms with van der Waals surface area (Å²) in [7, 11) is 0. The molecule has 140 valence electrons. The van der Waals surface area contributed by atoms with Gasteiger partial charge >= 0.3 is 0 Å². The molecule has 3 aromatic rings. The summed E-state index contributed by atoms with van der Waals surface area (Å²) in [6, 6.07) is 2.03. The van der Waals surface area contributed by atoms with Crippen molar-refractivity contribution in [2.24, 2.45) is 0 Å². The first kappa shape index (κ1) is 16.7. The molecule has 1 saturated heterocycles. The standard InChI is InChI=1S/C21H26N6/c1-14-13-15(2)24-18(23-14)8-7-17-21(26-10-3-4-11-26)27-12-9-22-19(16-5-6-16)20(27)25-17/h9,12-13,16H,3-8,10-11H2,1-2H3. The molecule has 0 unspecified atom stereocenters. The van der Waals surface area contributed by atoms with Crippen LogP contribution in [0.1, 0.15) is 60.2 Å². The summed E-state index contributed by atoms with van der Waals surface area (Å²) in [6.45, 7) is 6.29. The van der Waals surface area contributed by atoms with Gasteiger partial charge in [0.1, 0.15) is 11.6 Å². The third-order valence-electron chi connectivity index (χ3n) is 5.60. The first-order valence-corrected chi connectivity index (χ1v) is 10.1. The first-order chi connectivity index (χ1) is 13.2. The number of aromatic nitrogens is 5. The summed E-state index contributed by atoms with van der Waals surface area (Å²) in [5.41, 5.74) is 5.46. The van der Waals surface area contributed by atoms with Gasteiger partial charge in [0, 0.05) is 55.6 Å². The second-order valence-electron chi connectivity index (χ2n) is 7.92. The smallest absolute Gasteiger partial charge is 0.160 e. The number of aryl methyl sites for hydroxylation is 4. The molecule has 6 nitrogen and oxygen atoms in total. The molecule has 1 aliphatic carbocycles. The SMILES string of the molecule is Cc1cc(C)nc(CCc2nc3c(C4CC4)nccn3c2N2CCCC2)n1. The second-order valence-corrected chi connectivity index (χ2v) is 7.92. The monoisotopic (exact) mass is 362 g/mol. The van der Waals surface area contributed by atoms with E-state index in [-0.39, 0.29) is 0 Å². The van der Waals surface area contributed by atoms with Crippen LogP contribution in [0.15, 0.2) is 18.5 Å². The van der Waals surface area contributed by atoms with Crippen molar-refractivity contribution in [3.63, 3.8) is 0 Å². The molecule has 5 rings (SSSR count). The van der Waals surface area contributed by atoms with Gasteiger partial charge in [-0.3, -0.25) is 9.38 Å². The minimum atomic E-state index is 0.595. The highest BCUT2D eigenvalue weighted by Crippen LogP contribution is 2.41. The molecular weight excluding hydrogens is 336 g/mol. The minimum absolute atomic E-state index is 0.595. The van der Waals surface area contributed by atoms with E-state index in [1.807, 2.05) is 26.1 Å². The fourth-order valence-electron chi connectivity index (χ4n) is 4.25. The molecule has 3 aromatic heterocycles. The van der Waals surface area contributed by atoms with Gasteiger partial charge in [0.2, 0.25) is 0 Å². The lowest BCUT2D eigenvalue weighted by molar-refractivity contribution is 0.812. The van der Waals surface area contributed by atoms with Gasteiger partial charge in [-0.05, 0) is 45.6 Å². The number of anilines is 1. The normalized spacial score (nSPS) is 17.2. The molecule has 2 fully saturated rings. The lowest BCUT2D eigenvalue weighted by Gasteiger charge is -2.18. The van der Waals surface area contributed by atoms with Gasteiger partial charge in [0.05, 0.1) is 11.4 Å². The van der Waals surface area contributed by atoms with Gasteiger partial charge in [-0.15, -0.1) is 0 Å². The topological polar surface area (TPSA) is 59.2 Å². The molecule has 0 bridgehead atoms. The summed E-state index contributed by atoms with van der Waals surface area (Å²) < 4.78 is 2.28. The van der Waals surface area contributed by atoms with Crippen LogP contribution < -0.4 is 4.90 Å². The Morgan fingerprint density at radius 1 is 1.00 bits per heavy atom. The fraction of sp³-hybridized carbons (Fsp3) is 0.524. The van der Waals surface area contributed by atoms with E-state index in [0.29, 0.717) is 5.92 Å². The molecule has 1 saturated carbocycles. The predicted octanol–water partition coefficient (Wildman–Crippen LogP) is 3.40. The Balaban J connectivity index is 1.53. The van der Waals surface area contributed by atoms with Crippen LogP contribution in [-0.4, -0.2) is 37.4 Å². The third kappa shape index (κ3) is 3.17. The third-order valence-corrected chi connectivity index (χ3v) is 5.60. The van der Waals surface area contributed by atoms with Crippen LogP contribution in [0.2, 0.25) is 0 Å². The summed E-state index contributed by atoms with van der Waals surface area (Å²) in [5, 5.41) is 0. The Morgan fingerprint density at radius 2 is 1.74 bits per heavy atom. The second kappa shape index (κ2) is 6.59. The van der Waals surface area contributed by atoms with Crippen molar-refractivity contribution >= 4 is 11.5 Å². The fourth-order valence-corrected chi connectivity index (χ4v) is 4.25. The van der Waals surface area contributed by atoms with Crippen LogP contribution in [0, 0.1) is 13.8 Å². The number of hydrogen-bond acceptors (Lipinski definition) is 5. The molecule has 0 amide bonds. The average molecular weight is 362 g/mol. The number of imidazole rings is 1.